The van der Waals surface area contributed by atoms with Gasteiger partial charge in [0.2, 0.25) is 0 Å². The zero-order valence-corrected chi connectivity index (χ0v) is 29.7. The summed E-state index contributed by atoms with van der Waals surface area (Å²) >= 11 is 0. The van der Waals surface area contributed by atoms with E-state index in [4.69, 9.17) is 14.2 Å². The summed E-state index contributed by atoms with van der Waals surface area (Å²) in [6, 6.07) is 30.0. The Morgan fingerprint density at radius 2 is 1.58 bits per heavy atom. The van der Waals surface area contributed by atoms with Crippen LogP contribution in [0.4, 0.5) is 16.2 Å². The van der Waals surface area contributed by atoms with Gasteiger partial charge in [0.1, 0.15) is 6.54 Å². The average Bonchev–Trinajstić information content (AvgIpc) is 3.20. The molecule has 13 heteroatoms. The second-order valence-corrected chi connectivity index (χ2v) is 13.0. The standard InChI is InChI=1S/C40H45N5O8/c1-2-51-38(47)25-42-40(48)41-24-32-5-3-4-6-36(32)29-11-13-31(14-12-29)39-52-35(23-37(53-39)30-9-7-28(27-46)8-10-30)26-43-19-21-44(22-20-43)33-15-17-34(18-16-33)45(49)50/h3-18,35,37,39,46H,2,19-27H2,1H3,(H2,41,42,48)/t35-,37+,39+/m0/s1. The van der Waals surface area contributed by atoms with Crippen LogP contribution in [0.1, 0.15) is 48.0 Å². The van der Waals surface area contributed by atoms with Crippen LogP contribution in [0.2, 0.25) is 0 Å². The number of non-ortho nitro benzene ring substituents is 1. The number of aliphatic hydroxyl groups is 1. The largest absolute Gasteiger partial charge is 0.465 e. The van der Waals surface area contributed by atoms with Crippen LogP contribution in [0.3, 0.4) is 0 Å². The van der Waals surface area contributed by atoms with E-state index in [0.717, 1.165) is 71.8 Å². The molecule has 0 radical (unpaired) electrons. The number of nitro groups is 1. The maximum Gasteiger partial charge on any atom is 0.325 e. The monoisotopic (exact) mass is 723 g/mol. The first kappa shape index (κ1) is 37.4. The Morgan fingerprint density at radius 1 is 0.887 bits per heavy atom. The molecule has 3 atom stereocenters. The molecule has 0 aromatic heterocycles. The highest BCUT2D eigenvalue weighted by molar-refractivity contribution is 5.81. The fourth-order valence-corrected chi connectivity index (χ4v) is 6.67. The maximum atomic E-state index is 12.3. The molecule has 2 aliphatic rings. The van der Waals surface area contributed by atoms with Crippen molar-refractivity contribution in [3.05, 3.63) is 129 Å². The van der Waals surface area contributed by atoms with Gasteiger partial charge < -0.3 is 34.9 Å². The number of carbonyl (C=O) groups excluding carboxylic acids is 2. The summed E-state index contributed by atoms with van der Waals surface area (Å²) in [6.45, 7) is 5.98. The number of nitrogens with zero attached hydrogens (tertiary/aromatic N) is 3. The molecule has 2 amide bonds. The zero-order chi connectivity index (χ0) is 37.2. The number of ether oxygens (including phenoxy) is 3. The topological polar surface area (TPSA) is 156 Å². The number of piperazine rings is 1. The summed E-state index contributed by atoms with van der Waals surface area (Å²) in [5, 5.41) is 26.0. The molecule has 0 spiro atoms. The van der Waals surface area contributed by atoms with Crippen molar-refractivity contribution >= 4 is 23.4 Å². The normalized spacial score (nSPS) is 19.0. The number of benzene rings is 4. The predicted octanol–water partition coefficient (Wildman–Crippen LogP) is 5.48. The number of rotatable bonds is 13. The first-order valence-electron chi connectivity index (χ1n) is 17.9. The molecule has 2 fully saturated rings. The molecule has 278 valence electrons. The van der Waals surface area contributed by atoms with Gasteiger partial charge in [0, 0.05) is 69.1 Å². The molecule has 0 saturated carbocycles. The third-order valence-corrected chi connectivity index (χ3v) is 9.52. The number of hydrogen-bond acceptors (Lipinski definition) is 10. The van der Waals surface area contributed by atoms with Gasteiger partial charge in [-0.25, -0.2) is 4.79 Å². The molecule has 13 nitrogen and oxygen atoms in total. The van der Waals surface area contributed by atoms with Crippen molar-refractivity contribution in [3.8, 4) is 11.1 Å². The number of hydrogen-bond donors (Lipinski definition) is 3. The number of nitro benzene ring substituents is 1. The van der Waals surface area contributed by atoms with Gasteiger partial charge in [-0.3, -0.25) is 19.8 Å². The number of nitrogens with one attached hydrogen (secondary N) is 2. The van der Waals surface area contributed by atoms with Crippen LogP contribution in [-0.2, 0) is 32.2 Å². The van der Waals surface area contributed by atoms with Crippen molar-refractivity contribution in [1.82, 2.24) is 15.5 Å². The lowest BCUT2D eigenvalue weighted by atomic mass is 9.97. The summed E-state index contributed by atoms with van der Waals surface area (Å²) in [4.78, 5) is 39.2. The Kier molecular flexibility index (Phi) is 12.7. The summed E-state index contributed by atoms with van der Waals surface area (Å²) in [5.41, 5.74) is 6.64. The molecule has 2 aliphatic heterocycles. The quantitative estimate of drug-likeness (QED) is 0.0917. The lowest BCUT2D eigenvalue weighted by Gasteiger charge is -2.41. The Hall–Kier alpha value is -5.34. The molecular weight excluding hydrogens is 678 g/mol. The second-order valence-electron chi connectivity index (χ2n) is 13.0. The van der Waals surface area contributed by atoms with E-state index in [2.05, 4.69) is 20.4 Å². The van der Waals surface area contributed by atoms with Gasteiger partial charge in [0.05, 0.1) is 30.3 Å². The van der Waals surface area contributed by atoms with Crippen molar-refractivity contribution in [3.63, 3.8) is 0 Å². The van der Waals surface area contributed by atoms with Crippen LogP contribution in [0.5, 0.6) is 0 Å². The predicted molar refractivity (Wildman–Crippen MR) is 199 cm³/mol. The summed E-state index contributed by atoms with van der Waals surface area (Å²) in [6.07, 6.45) is -0.256. The highest BCUT2D eigenvalue weighted by Crippen LogP contribution is 2.39. The Bertz CT molecular complexity index is 1830. The van der Waals surface area contributed by atoms with Crippen molar-refractivity contribution in [2.45, 2.75) is 45.0 Å². The van der Waals surface area contributed by atoms with E-state index in [1.807, 2.05) is 84.9 Å². The minimum Gasteiger partial charge on any atom is -0.465 e. The molecule has 6 rings (SSSR count). The lowest BCUT2D eigenvalue weighted by Crippen LogP contribution is -2.49. The smallest absolute Gasteiger partial charge is 0.325 e. The molecule has 2 heterocycles. The Morgan fingerprint density at radius 3 is 2.26 bits per heavy atom. The highest BCUT2D eigenvalue weighted by Gasteiger charge is 2.34. The van der Waals surface area contributed by atoms with Crippen molar-refractivity contribution in [2.24, 2.45) is 0 Å². The van der Waals surface area contributed by atoms with Crippen LogP contribution in [-0.4, -0.2) is 78.9 Å². The third-order valence-electron chi connectivity index (χ3n) is 9.52. The summed E-state index contributed by atoms with van der Waals surface area (Å²) < 4.78 is 18.1. The maximum absolute atomic E-state index is 12.3. The van der Waals surface area contributed by atoms with E-state index in [-0.39, 0.29) is 49.1 Å². The van der Waals surface area contributed by atoms with Gasteiger partial charge in [0.25, 0.3) is 5.69 Å². The lowest BCUT2D eigenvalue weighted by molar-refractivity contribution is -0.384. The van der Waals surface area contributed by atoms with E-state index >= 15 is 0 Å². The molecule has 0 bridgehead atoms. The number of carbonyl (C=O) groups is 2. The fourth-order valence-electron chi connectivity index (χ4n) is 6.67. The van der Waals surface area contributed by atoms with E-state index in [1.54, 1.807) is 19.1 Å². The minimum atomic E-state index is -0.605. The number of anilines is 1. The van der Waals surface area contributed by atoms with E-state index in [9.17, 15) is 24.8 Å². The van der Waals surface area contributed by atoms with Crippen LogP contribution in [0, 0.1) is 10.1 Å². The highest BCUT2D eigenvalue weighted by atomic mass is 16.7. The van der Waals surface area contributed by atoms with E-state index in [1.165, 1.54) is 0 Å². The van der Waals surface area contributed by atoms with Gasteiger partial charge in [0.15, 0.2) is 6.29 Å². The van der Waals surface area contributed by atoms with Crippen LogP contribution < -0.4 is 15.5 Å². The number of amides is 2. The second kappa shape index (κ2) is 17.9. The minimum absolute atomic E-state index is 0.0275. The van der Waals surface area contributed by atoms with Gasteiger partial charge in [-0.2, -0.15) is 0 Å². The molecule has 2 saturated heterocycles. The van der Waals surface area contributed by atoms with Crippen LogP contribution in [0.15, 0.2) is 97.1 Å². The first-order chi connectivity index (χ1) is 25.8. The number of esters is 1. The molecule has 0 unspecified atom stereocenters. The molecule has 4 aromatic carbocycles. The Balaban J connectivity index is 1.12. The average molecular weight is 724 g/mol. The summed E-state index contributed by atoms with van der Waals surface area (Å²) in [5.74, 6) is -0.494. The van der Waals surface area contributed by atoms with Crippen molar-refractivity contribution < 1.29 is 33.8 Å². The molecular formula is C40H45N5O8. The van der Waals surface area contributed by atoms with E-state index < -0.39 is 18.3 Å². The van der Waals surface area contributed by atoms with Crippen LogP contribution >= 0.6 is 0 Å². The van der Waals surface area contributed by atoms with Crippen LogP contribution in [0.25, 0.3) is 11.1 Å². The number of urea groups is 1. The van der Waals surface area contributed by atoms with Gasteiger partial charge in [-0.05, 0) is 46.9 Å². The fraction of sp³-hybridized carbons (Fsp3) is 0.350. The zero-order valence-electron chi connectivity index (χ0n) is 29.7. The van der Waals surface area contributed by atoms with Gasteiger partial charge in [-0.15, -0.1) is 0 Å². The first-order valence-corrected chi connectivity index (χ1v) is 17.9. The van der Waals surface area contributed by atoms with Gasteiger partial charge in [-0.1, -0.05) is 72.8 Å². The Labute approximate surface area is 308 Å². The van der Waals surface area contributed by atoms with Crippen molar-refractivity contribution in [2.75, 3.05) is 50.8 Å². The third kappa shape index (κ3) is 9.96. The SMILES string of the molecule is CCOC(=O)CNC(=O)NCc1ccccc1-c1ccc([C@@H]2O[C@H](CN3CCN(c4ccc([N+](=O)[O-])cc4)CC3)C[C@H](c3ccc(CO)cc3)O2)cc1. The molecule has 0 aliphatic carbocycles. The summed E-state index contributed by atoms with van der Waals surface area (Å²) in [7, 11) is 0. The van der Waals surface area contributed by atoms with E-state index in [0.29, 0.717) is 6.42 Å². The van der Waals surface area contributed by atoms with Gasteiger partial charge >= 0.3 is 12.0 Å². The molecule has 3 N–H and O–H groups in total. The molecule has 53 heavy (non-hydrogen) atoms. The van der Waals surface area contributed by atoms with Crippen molar-refractivity contribution in [1.29, 1.82) is 0 Å². The number of aliphatic hydroxyl groups excluding tert-OH is 1. The molecule has 4 aromatic rings.